The SMILES string of the molecule is O.OCCC(O)O. The van der Waals surface area contributed by atoms with Gasteiger partial charge in [0.1, 0.15) is 0 Å². The normalized spacial score (nSPS) is 8.57. The second-order valence-corrected chi connectivity index (χ2v) is 0.993. The molecule has 0 aromatic heterocycles. The van der Waals surface area contributed by atoms with Crippen LogP contribution in [0, 0.1) is 0 Å². The maximum atomic E-state index is 7.95. The lowest BCUT2D eigenvalue weighted by molar-refractivity contribution is -0.0537. The smallest absolute Gasteiger partial charge is 0.153 e. The summed E-state index contributed by atoms with van der Waals surface area (Å²) in [7, 11) is 0. The highest BCUT2D eigenvalue weighted by Crippen LogP contribution is 1.79. The van der Waals surface area contributed by atoms with Gasteiger partial charge in [-0.05, 0) is 0 Å². The zero-order chi connectivity index (χ0) is 4.99. The van der Waals surface area contributed by atoms with Crippen molar-refractivity contribution in [3.63, 3.8) is 0 Å². The van der Waals surface area contributed by atoms with E-state index >= 15 is 0 Å². The Balaban J connectivity index is 0. The summed E-state index contributed by atoms with van der Waals surface area (Å²) in [5.74, 6) is 0. The van der Waals surface area contributed by atoms with Gasteiger partial charge in [-0.3, -0.25) is 0 Å². The molecule has 0 unspecified atom stereocenters. The van der Waals surface area contributed by atoms with Crippen molar-refractivity contribution in [2.45, 2.75) is 12.7 Å². The predicted octanol–water partition coefficient (Wildman–Crippen LogP) is -2.15. The second-order valence-electron chi connectivity index (χ2n) is 0.993. The minimum atomic E-state index is -1.35. The molecule has 0 aromatic rings. The Kier molecular flexibility index (Phi) is 8.31. The third-order valence-corrected chi connectivity index (χ3v) is 0.387. The van der Waals surface area contributed by atoms with Gasteiger partial charge in [0, 0.05) is 13.0 Å². The fourth-order valence-electron chi connectivity index (χ4n) is 0.115. The first-order valence-corrected chi connectivity index (χ1v) is 1.74. The molecule has 0 aromatic carbocycles. The van der Waals surface area contributed by atoms with Crippen molar-refractivity contribution in [1.82, 2.24) is 0 Å². The van der Waals surface area contributed by atoms with Crippen LogP contribution in [0.4, 0.5) is 0 Å². The molecule has 0 saturated heterocycles. The summed E-state index contributed by atoms with van der Waals surface area (Å²) >= 11 is 0. The summed E-state index contributed by atoms with van der Waals surface area (Å²) in [6.45, 7) is -0.169. The van der Waals surface area contributed by atoms with Gasteiger partial charge in [-0.25, -0.2) is 0 Å². The van der Waals surface area contributed by atoms with Crippen molar-refractivity contribution in [2.75, 3.05) is 6.61 Å². The lowest BCUT2D eigenvalue weighted by atomic mass is 10.5. The van der Waals surface area contributed by atoms with Crippen molar-refractivity contribution in [3.05, 3.63) is 0 Å². The zero-order valence-electron chi connectivity index (χ0n) is 3.83. The maximum absolute atomic E-state index is 7.95. The second kappa shape index (κ2) is 5.84. The van der Waals surface area contributed by atoms with Crippen molar-refractivity contribution < 1.29 is 20.8 Å². The Morgan fingerprint density at radius 3 is 1.71 bits per heavy atom. The Labute approximate surface area is 41.3 Å². The minimum Gasteiger partial charge on any atom is -0.412 e. The summed E-state index contributed by atoms with van der Waals surface area (Å²) in [6.07, 6.45) is -1.31. The van der Waals surface area contributed by atoms with Crippen LogP contribution in [0.2, 0.25) is 0 Å². The Hall–Kier alpha value is -0.160. The number of aliphatic hydroxyl groups is 3. The van der Waals surface area contributed by atoms with Crippen molar-refractivity contribution >= 4 is 0 Å². The highest BCUT2D eigenvalue weighted by molar-refractivity contribution is 4.30. The summed E-state index contributed by atoms with van der Waals surface area (Å²) in [5, 5.41) is 23.8. The van der Waals surface area contributed by atoms with Gasteiger partial charge in [0.25, 0.3) is 0 Å². The minimum absolute atomic E-state index is 0. The molecular formula is C3H10O4. The van der Waals surface area contributed by atoms with Crippen LogP contribution >= 0.6 is 0 Å². The van der Waals surface area contributed by atoms with Crippen molar-refractivity contribution in [3.8, 4) is 0 Å². The molecule has 0 aliphatic carbocycles. The van der Waals surface area contributed by atoms with E-state index in [-0.39, 0.29) is 18.5 Å². The molecule has 0 aliphatic heterocycles. The lowest BCUT2D eigenvalue weighted by Gasteiger charge is -1.94. The fourth-order valence-corrected chi connectivity index (χ4v) is 0.115. The quantitative estimate of drug-likeness (QED) is 0.354. The van der Waals surface area contributed by atoms with Gasteiger partial charge < -0.3 is 20.8 Å². The molecule has 0 aliphatic rings. The number of hydrogen-bond acceptors (Lipinski definition) is 3. The molecule has 0 bridgehead atoms. The van der Waals surface area contributed by atoms with Crippen LogP contribution in [-0.4, -0.2) is 33.7 Å². The average Bonchev–Trinajstić information content (AvgIpc) is 1.35. The van der Waals surface area contributed by atoms with Gasteiger partial charge in [-0.15, -0.1) is 0 Å². The molecule has 7 heavy (non-hydrogen) atoms. The summed E-state index contributed by atoms with van der Waals surface area (Å²) < 4.78 is 0. The topological polar surface area (TPSA) is 92.2 Å². The molecule has 5 N–H and O–H groups in total. The third-order valence-electron chi connectivity index (χ3n) is 0.387. The first kappa shape index (κ1) is 9.96. The first-order valence-electron chi connectivity index (χ1n) is 1.74. The molecule has 0 heterocycles. The highest BCUT2D eigenvalue weighted by Gasteiger charge is 1.90. The van der Waals surface area contributed by atoms with E-state index in [9.17, 15) is 0 Å². The van der Waals surface area contributed by atoms with Crippen molar-refractivity contribution in [1.29, 1.82) is 0 Å². The monoisotopic (exact) mass is 110 g/mol. The van der Waals surface area contributed by atoms with Crippen LogP contribution in [0.25, 0.3) is 0 Å². The van der Waals surface area contributed by atoms with Gasteiger partial charge in [0.05, 0.1) is 0 Å². The van der Waals surface area contributed by atoms with Gasteiger partial charge >= 0.3 is 0 Å². The maximum Gasteiger partial charge on any atom is 0.153 e. The molecule has 0 atom stereocenters. The molecular weight excluding hydrogens is 100 g/mol. The summed E-state index contributed by atoms with van der Waals surface area (Å²) in [6, 6.07) is 0. The van der Waals surface area contributed by atoms with Gasteiger partial charge in [-0.2, -0.15) is 0 Å². The highest BCUT2D eigenvalue weighted by atomic mass is 16.5. The van der Waals surface area contributed by atoms with Crippen LogP contribution < -0.4 is 0 Å². The van der Waals surface area contributed by atoms with Crippen LogP contribution in [0.5, 0.6) is 0 Å². The Bertz CT molecular complexity index is 28.1. The van der Waals surface area contributed by atoms with Crippen LogP contribution in [-0.2, 0) is 0 Å². The molecule has 46 valence electrons. The molecule has 0 fully saturated rings. The molecule has 4 heteroatoms. The van der Waals surface area contributed by atoms with Crippen LogP contribution in [0.15, 0.2) is 0 Å². The van der Waals surface area contributed by atoms with Crippen LogP contribution in [0.1, 0.15) is 6.42 Å². The molecule has 0 spiro atoms. The lowest BCUT2D eigenvalue weighted by Crippen LogP contribution is -2.05. The fraction of sp³-hybridized carbons (Fsp3) is 1.00. The van der Waals surface area contributed by atoms with E-state index in [0.717, 1.165) is 0 Å². The zero-order valence-corrected chi connectivity index (χ0v) is 3.83. The molecule has 0 saturated carbocycles. The van der Waals surface area contributed by atoms with E-state index in [2.05, 4.69) is 0 Å². The van der Waals surface area contributed by atoms with Gasteiger partial charge in [0.15, 0.2) is 6.29 Å². The third kappa shape index (κ3) is 10.7. The van der Waals surface area contributed by atoms with E-state index in [1.165, 1.54) is 0 Å². The number of hydrogen-bond donors (Lipinski definition) is 3. The Morgan fingerprint density at radius 1 is 1.29 bits per heavy atom. The molecule has 0 rings (SSSR count). The molecule has 0 amide bonds. The van der Waals surface area contributed by atoms with Crippen LogP contribution in [0.3, 0.4) is 0 Å². The summed E-state index contributed by atoms with van der Waals surface area (Å²) in [5.41, 5.74) is 0. The van der Waals surface area contributed by atoms with E-state index < -0.39 is 6.29 Å². The van der Waals surface area contributed by atoms with E-state index in [0.29, 0.717) is 0 Å². The average molecular weight is 110 g/mol. The number of rotatable bonds is 2. The largest absolute Gasteiger partial charge is 0.412 e. The summed E-state index contributed by atoms with van der Waals surface area (Å²) in [4.78, 5) is 0. The van der Waals surface area contributed by atoms with Gasteiger partial charge in [0.2, 0.25) is 0 Å². The Morgan fingerprint density at radius 2 is 1.71 bits per heavy atom. The van der Waals surface area contributed by atoms with E-state index in [1.54, 1.807) is 0 Å². The van der Waals surface area contributed by atoms with Gasteiger partial charge in [-0.1, -0.05) is 0 Å². The first-order chi connectivity index (χ1) is 2.77. The predicted molar refractivity (Wildman–Crippen MR) is 23.5 cm³/mol. The van der Waals surface area contributed by atoms with E-state index in [4.69, 9.17) is 15.3 Å². The molecule has 0 radical (unpaired) electrons. The van der Waals surface area contributed by atoms with E-state index in [1.807, 2.05) is 0 Å². The standard InChI is InChI=1S/C3H8O3.H2O/c4-2-1-3(5)6;/h3-6H,1-2H2;1H2. The molecule has 4 nitrogen and oxygen atoms in total. The number of aliphatic hydroxyl groups excluding tert-OH is 2. The van der Waals surface area contributed by atoms with Crippen molar-refractivity contribution in [2.24, 2.45) is 0 Å².